The number of benzene rings is 2. The predicted octanol–water partition coefficient (Wildman–Crippen LogP) is 5.42. The highest BCUT2D eigenvalue weighted by atomic mass is 19.1. The lowest BCUT2D eigenvalue weighted by molar-refractivity contribution is -0.138. The lowest BCUT2D eigenvalue weighted by Crippen LogP contribution is -2.41. The van der Waals surface area contributed by atoms with Gasteiger partial charge in [-0.1, -0.05) is 38.0 Å². The molecule has 2 N–H and O–H groups in total. The molecule has 0 fully saturated rings. The van der Waals surface area contributed by atoms with Crippen molar-refractivity contribution in [3.63, 3.8) is 0 Å². The zero-order chi connectivity index (χ0) is 32.0. The highest BCUT2D eigenvalue weighted by Crippen LogP contribution is 2.33. The molecule has 3 aromatic rings. The van der Waals surface area contributed by atoms with E-state index in [9.17, 15) is 23.9 Å². The van der Waals surface area contributed by atoms with Crippen LogP contribution < -0.4 is 10.9 Å². The second-order valence-electron chi connectivity index (χ2n) is 11.6. The molecule has 2 atom stereocenters. The monoisotopic (exact) mass is 591 g/mol. The third-order valence-corrected chi connectivity index (χ3v) is 7.33. The normalized spacial score (nSPS) is 12.7. The van der Waals surface area contributed by atoms with Crippen molar-refractivity contribution < 1.29 is 23.5 Å². The van der Waals surface area contributed by atoms with Crippen molar-refractivity contribution >= 4 is 11.9 Å². The van der Waals surface area contributed by atoms with Crippen molar-refractivity contribution in [1.82, 2.24) is 14.8 Å². The minimum atomic E-state index is -1.33. The van der Waals surface area contributed by atoms with Gasteiger partial charge >= 0.3 is 5.97 Å². The second-order valence-corrected chi connectivity index (χ2v) is 11.6. The minimum absolute atomic E-state index is 0.0783. The van der Waals surface area contributed by atoms with Gasteiger partial charge in [0.2, 0.25) is 5.91 Å². The van der Waals surface area contributed by atoms with Gasteiger partial charge in [-0.3, -0.25) is 14.4 Å². The number of carbonyl (C=O) groups excluding carboxylic acids is 1. The zero-order valence-electron chi connectivity index (χ0n) is 25.5. The number of aryl methyl sites for hydroxylation is 2. The highest BCUT2D eigenvalue weighted by Gasteiger charge is 2.30. The third-order valence-electron chi connectivity index (χ3n) is 7.33. The van der Waals surface area contributed by atoms with Gasteiger partial charge in [-0.05, 0) is 92.7 Å². The number of likely N-dealkylation sites (N-methyl/N-ethyl adjacent to an activating group) is 1. The first-order valence-corrected chi connectivity index (χ1v) is 14.2. The number of rotatable bonds is 12. The zero-order valence-corrected chi connectivity index (χ0v) is 25.5. The molecule has 0 spiro atoms. The van der Waals surface area contributed by atoms with Crippen LogP contribution in [0.3, 0.4) is 0 Å². The van der Waals surface area contributed by atoms with Crippen LogP contribution in [0.15, 0.2) is 47.4 Å². The predicted molar refractivity (Wildman–Crippen MR) is 164 cm³/mol. The number of carboxylic acid groups (broad SMARTS) is 1. The van der Waals surface area contributed by atoms with Crippen molar-refractivity contribution in [2.75, 3.05) is 20.6 Å². The average molecular weight is 592 g/mol. The number of amides is 1. The molecule has 1 amide bonds. The molecule has 1 aromatic heterocycles. The van der Waals surface area contributed by atoms with Crippen molar-refractivity contribution in [3.05, 3.63) is 92.4 Å². The first kappa shape index (κ1) is 33.2. The number of terminal acetylenes is 1. The van der Waals surface area contributed by atoms with Gasteiger partial charge < -0.3 is 19.9 Å². The number of aliphatic carboxylic acids is 1. The van der Waals surface area contributed by atoms with Gasteiger partial charge in [-0.15, -0.1) is 6.42 Å². The maximum Gasteiger partial charge on any atom is 0.305 e. The number of carbonyl (C=O) groups is 2. The molecule has 228 valence electrons. The fraction of sp³-hybridized carbons (Fsp3) is 0.382. The molecule has 0 aliphatic carbocycles. The Labute approximate surface area is 251 Å². The van der Waals surface area contributed by atoms with Crippen LogP contribution in [0.2, 0.25) is 0 Å². The SMILES string of the molecule is C#Cc1cc(-c2c(C)cccc2C)cc(C(CC(=O)O)NC(=O)C(CC(C)C)n2cc(CCN(C)C)cc(F)c2=O)c1F. The van der Waals surface area contributed by atoms with Crippen LogP contribution in [-0.2, 0) is 16.0 Å². The summed E-state index contributed by atoms with van der Waals surface area (Å²) in [5.74, 6) is -1.58. The third kappa shape index (κ3) is 8.17. The van der Waals surface area contributed by atoms with Crippen LogP contribution in [0, 0.1) is 43.7 Å². The van der Waals surface area contributed by atoms with Gasteiger partial charge in [0.25, 0.3) is 5.56 Å². The quantitative estimate of drug-likeness (QED) is 0.275. The molecular weight excluding hydrogens is 552 g/mol. The van der Waals surface area contributed by atoms with Crippen LogP contribution in [0.4, 0.5) is 8.78 Å². The molecule has 7 nitrogen and oxygen atoms in total. The summed E-state index contributed by atoms with van der Waals surface area (Å²) < 4.78 is 31.6. The molecule has 0 radical (unpaired) electrons. The van der Waals surface area contributed by atoms with E-state index in [2.05, 4.69) is 11.2 Å². The summed E-state index contributed by atoms with van der Waals surface area (Å²) in [5.41, 5.74) is 2.60. The molecule has 2 unspecified atom stereocenters. The van der Waals surface area contributed by atoms with E-state index in [0.29, 0.717) is 24.1 Å². The number of carboxylic acids is 1. The van der Waals surface area contributed by atoms with Gasteiger partial charge in [-0.2, -0.15) is 0 Å². The Balaban J connectivity index is 2.13. The molecule has 0 aliphatic rings. The lowest BCUT2D eigenvalue weighted by Gasteiger charge is -2.26. The molecular formula is C34H39F2N3O4. The fourth-order valence-electron chi connectivity index (χ4n) is 5.24. The Morgan fingerprint density at radius 3 is 2.33 bits per heavy atom. The molecule has 3 rings (SSSR count). The van der Waals surface area contributed by atoms with Gasteiger partial charge in [0, 0.05) is 18.3 Å². The van der Waals surface area contributed by atoms with Crippen molar-refractivity contribution in [2.24, 2.45) is 5.92 Å². The van der Waals surface area contributed by atoms with E-state index in [1.54, 1.807) is 0 Å². The lowest BCUT2D eigenvalue weighted by atomic mass is 9.90. The van der Waals surface area contributed by atoms with Crippen LogP contribution >= 0.6 is 0 Å². The number of nitrogens with one attached hydrogen (secondary N) is 1. The highest BCUT2D eigenvalue weighted by molar-refractivity contribution is 5.82. The van der Waals surface area contributed by atoms with Gasteiger partial charge in [0.05, 0.1) is 18.0 Å². The first-order valence-electron chi connectivity index (χ1n) is 14.2. The van der Waals surface area contributed by atoms with E-state index in [1.165, 1.54) is 18.3 Å². The second kappa shape index (κ2) is 14.3. The minimum Gasteiger partial charge on any atom is -0.481 e. The summed E-state index contributed by atoms with van der Waals surface area (Å²) >= 11 is 0. The van der Waals surface area contributed by atoms with Crippen molar-refractivity contribution in [2.45, 2.75) is 59.0 Å². The largest absolute Gasteiger partial charge is 0.481 e. The van der Waals surface area contributed by atoms with Gasteiger partial charge in [0.15, 0.2) is 5.82 Å². The maximum absolute atomic E-state index is 15.8. The summed E-state index contributed by atoms with van der Waals surface area (Å²) in [7, 11) is 3.73. The van der Waals surface area contributed by atoms with Crippen molar-refractivity contribution in [3.8, 4) is 23.5 Å². The molecule has 0 saturated heterocycles. The van der Waals surface area contributed by atoms with Gasteiger partial charge in [0.1, 0.15) is 11.9 Å². The summed E-state index contributed by atoms with van der Waals surface area (Å²) in [4.78, 5) is 40.7. The maximum atomic E-state index is 15.8. The van der Waals surface area contributed by atoms with E-state index < -0.39 is 47.6 Å². The molecule has 0 aliphatic heterocycles. The number of aromatic nitrogens is 1. The summed E-state index contributed by atoms with van der Waals surface area (Å²) in [6.07, 6.45) is 7.05. The van der Waals surface area contributed by atoms with Crippen LogP contribution in [0.5, 0.6) is 0 Å². The number of hydrogen-bond acceptors (Lipinski definition) is 4. The van der Waals surface area contributed by atoms with Crippen molar-refractivity contribution in [1.29, 1.82) is 0 Å². The Hall–Kier alpha value is -4.29. The van der Waals surface area contributed by atoms with E-state index in [4.69, 9.17) is 6.42 Å². The van der Waals surface area contributed by atoms with Gasteiger partial charge in [-0.25, -0.2) is 8.78 Å². The number of halogens is 2. The number of pyridine rings is 1. The standard InChI is InChI=1S/C34H39F2N3O4/c1-8-24-16-25(31-21(4)10-9-11-22(31)5)17-26(32(24)36)28(18-30(40)41)37-33(42)29(14-20(2)3)39-19-23(12-13-38(6)7)15-27(35)34(39)43/h1,9-11,15-17,19-20,28-29H,12-14,18H2,2-7H3,(H,37,42)(H,40,41). The van der Waals surface area contributed by atoms with E-state index >= 15 is 4.39 Å². The Bertz CT molecular complexity index is 1580. The molecule has 43 heavy (non-hydrogen) atoms. The van der Waals surface area contributed by atoms with Crippen LogP contribution in [0.1, 0.15) is 66.6 Å². The average Bonchev–Trinajstić information content (AvgIpc) is 2.92. The Morgan fingerprint density at radius 1 is 1.12 bits per heavy atom. The molecule has 2 aromatic carbocycles. The number of nitrogens with zero attached hydrogens (tertiary/aromatic N) is 2. The van der Waals surface area contributed by atoms with Crippen LogP contribution in [-0.4, -0.2) is 47.1 Å². The first-order chi connectivity index (χ1) is 20.2. The Kier molecular flexibility index (Phi) is 11.0. The topological polar surface area (TPSA) is 91.6 Å². The summed E-state index contributed by atoms with van der Waals surface area (Å²) in [6, 6.07) is 7.39. The van der Waals surface area contributed by atoms with Crippen LogP contribution in [0.25, 0.3) is 11.1 Å². The molecule has 0 saturated carbocycles. The molecule has 9 heteroatoms. The molecule has 1 heterocycles. The van der Waals surface area contributed by atoms with E-state index in [1.807, 2.05) is 64.9 Å². The summed E-state index contributed by atoms with van der Waals surface area (Å²) in [6.45, 7) is 8.08. The van der Waals surface area contributed by atoms with E-state index in [-0.39, 0.29) is 23.5 Å². The molecule has 0 bridgehead atoms. The van der Waals surface area contributed by atoms with E-state index in [0.717, 1.165) is 27.3 Å². The Morgan fingerprint density at radius 2 is 1.77 bits per heavy atom. The number of hydrogen-bond donors (Lipinski definition) is 2. The summed E-state index contributed by atoms with van der Waals surface area (Å²) in [5, 5.41) is 12.4. The smallest absolute Gasteiger partial charge is 0.305 e. The fourth-order valence-corrected chi connectivity index (χ4v) is 5.24.